The average Bonchev–Trinajstić information content (AvgIpc) is 3.56. The van der Waals surface area contributed by atoms with E-state index >= 15 is 0 Å². The summed E-state index contributed by atoms with van der Waals surface area (Å²) < 4.78 is 7.38. The van der Waals surface area contributed by atoms with Crippen molar-refractivity contribution in [2.45, 2.75) is 50.5 Å². The van der Waals surface area contributed by atoms with Gasteiger partial charge in [-0.3, -0.25) is 19.4 Å². The predicted molar refractivity (Wildman–Crippen MR) is 128 cm³/mol. The van der Waals surface area contributed by atoms with Crippen molar-refractivity contribution in [3.8, 4) is 0 Å². The number of hydrogen-bond acceptors (Lipinski definition) is 6. The summed E-state index contributed by atoms with van der Waals surface area (Å²) in [7, 11) is 4.12. The number of fused-ring (bicyclic) bond motifs is 2. The first-order chi connectivity index (χ1) is 16.5. The summed E-state index contributed by atoms with van der Waals surface area (Å²) in [5, 5.41) is 6.04. The van der Waals surface area contributed by atoms with Crippen molar-refractivity contribution in [3.63, 3.8) is 0 Å². The first kappa shape index (κ1) is 22.6. The van der Waals surface area contributed by atoms with E-state index in [2.05, 4.69) is 38.1 Å². The molecule has 2 aliphatic rings. The predicted octanol–water partition coefficient (Wildman–Crippen LogP) is 1.64. The first-order valence-electron chi connectivity index (χ1n) is 11.9. The lowest BCUT2D eigenvalue weighted by Crippen LogP contribution is -2.49. The maximum atomic E-state index is 13.1. The summed E-state index contributed by atoms with van der Waals surface area (Å²) >= 11 is 0. The van der Waals surface area contributed by atoms with Crippen LogP contribution in [0.5, 0.6) is 0 Å². The van der Waals surface area contributed by atoms with Gasteiger partial charge in [-0.2, -0.15) is 0 Å². The van der Waals surface area contributed by atoms with E-state index in [9.17, 15) is 9.59 Å². The number of carbonyl (C=O) groups excluding carboxylic acids is 2. The molecule has 5 rings (SSSR count). The average molecular weight is 465 g/mol. The van der Waals surface area contributed by atoms with Gasteiger partial charge in [0.1, 0.15) is 17.6 Å². The molecule has 0 radical (unpaired) electrons. The summed E-state index contributed by atoms with van der Waals surface area (Å²) in [6.45, 7) is 2.42. The largest absolute Gasteiger partial charge is 0.467 e. The third-order valence-electron chi connectivity index (χ3n) is 7.32. The minimum Gasteiger partial charge on any atom is -0.467 e. The number of amides is 2. The number of aryl methyl sites for hydroxylation is 1. The Bertz CT molecular complexity index is 1160. The Morgan fingerprint density at radius 1 is 1.24 bits per heavy atom. The Labute approximate surface area is 199 Å². The van der Waals surface area contributed by atoms with E-state index in [-0.39, 0.29) is 29.9 Å². The number of benzene rings is 1. The number of nitrogens with one attached hydrogen (secondary N) is 2. The summed E-state index contributed by atoms with van der Waals surface area (Å²) in [5.74, 6) is 1.76. The number of imidazole rings is 1. The molecule has 0 bridgehead atoms. The smallest absolute Gasteiger partial charge is 0.239 e. The Morgan fingerprint density at radius 2 is 2.09 bits per heavy atom. The molecule has 0 aliphatic carbocycles. The van der Waals surface area contributed by atoms with Gasteiger partial charge in [-0.05, 0) is 44.2 Å². The van der Waals surface area contributed by atoms with Gasteiger partial charge in [0.2, 0.25) is 11.8 Å². The van der Waals surface area contributed by atoms with Crippen LogP contribution in [0.25, 0.3) is 11.0 Å². The van der Waals surface area contributed by atoms with E-state index < -0.39 is 0 Å². The van der Waals surface area contributed by atoms with Crippen LogP contribution in [-0.4, -0.2) is 69.4 Å². The van der Waals surface area contributed by atoms with Gasteiger partial charge in [0, 0.05) is 38.6 Å². The molecular weight excluding hydrogens is 432 g/mol. The molecule has 4 heterocycles. The monoisotopic (exact) mass is 464 g/mol. The molecule has 0 spiro atoms. The Kier molecular flexibility index (Phi) is 6.38. The SMILES string of the molecule is CN1[C@@H](CCC(=O)NCc2ccco2)CNC(=O)[C@@H]2[C@@H]1CCN2Cc1nc2ccccc2n1C. The zero-order chi connectivity index (χ0) is 23.7. The number of likely N-dealkylation sites (tertiary alicyclic amines) is 1. The number of carbonyl (C=O) groups is 2. The van der Waals surface area contributed by atoms with E-state index in [1.165, 1.54) is 0 Å². The van der Waals surface area contributed by atoms with Crippen molar-refractivity contribution in [1.29, 1.82) is 0 Å². The van der Waals surface area contributed by atoms with Crippen molar-refractivity contribution in [2.75, 3.05) is 20.1 Å². The molecule has 1 aromatic carbocycles. The van der Waals surface area contributed by atoms with E-state index in [4.69, 9.17) is 9.40 Å². The van der Waals surface area contributed by atoms with E-state index in [1.807, 2.05) is 37.4 Å². The van der Waals surface area contributed by atoms with Crippen LogP contribution in [-0.2, 0) is 29.7 Å². The second kappa shape index (κ2) is 9.60. The highest BCUT2D eigenvalue weighted by Gasteiger charge is 2.45. The molecule has 9 nitrogen and oxygen atoms in total. The highest BCUT2D eigenvalue weighted by molar-refractivity contribution is 5.83. The molecule has 0 saturated carbocycles. The number of aromatic nitrogens is 2. The molecule has 2 amide bonds. The van der Waals surface area contributed by atoms with Gasteiger partial charge in [0.15, 0.2) is 0 Å². The van der Waals surface area contributed by atoms with Gasteiger partial charge >= 0.3 is 0 Å². The van der Waals surface area contributed by atoms with E-state index in [0.717, 1.165) is 35.6 Å². The topological polar surface area (TPSA) is 95.6 Å². The van der Waals surface area contributed by atoms with Crippen LogP contribution >= 0.6 is 0 Å². The summed E-state index contributed by atoms with van der Waals surface area (Å²) in [5.41, 5.74) is 2.07. The minimum absolute atomic E-state index is 0.00757. The number of rotatable bonds is 7. The summed E-state index contributed by atoms with van der Waals surface area (Å²) in [6.07, 6.45) is 3.61. The first-order valence-corrected chi connectivity index (χ1v) is 11.9. The van der Waals surface area contributed by atoms with Crippen LogP contribution in [0.3, 0.4) is 0 Å². The molecule has 180 valence electrons. The van der Waals surface area contributed by atoms with Gasteiger partial charge in [-0.1, -0.05) is 12.1 Å². The lowest BCUT2D eigenvalue weighted by Gasteiger charge is -2.33. The standard InChI is InChI=1S/C25H32N6O3/c1-29-17(9-10-23(32)26-15-18-6-5-13-34-18)14-27-25(33)24-21(29)11-12-31(24)16-22-28-19-7-3-4-8-20(19)30(22)2/h3-8,13,17,21,24H,9-12,14-16H2,1-2H3,(H,26,32)(H,27,33)/t17-,21-,24-/m0/s1. The van der Waals surface area contributed by atoms with Crippen LogP contribution in [0.2, 0.25) is 0 Å². The van der Waals surface area contributed by atoms with Crippen molar-refractivity contribution in [1.82, 2.24) is 30.0 Å². The molecule has 3 aromatic rings. The van der Waals surface area contributed by atoms with Crippen LogP contribution in [0, 0.1) is 0 Å². The molecule has 9 heteroatoms. The fraction of sp³-hybridized carbons (Fsp3) is 0.480. The molecule has 2 fully saturated rings. The maximum absolute atomic E-state index is 13.1. The maximum Gasteiger partial charge on any atom is 0.239 e. The third-order valence-corrected chi connectivity index (χ3v) is 7.32. The molecule has 0 unspecified atom stereocenters. The van der Waals surface area contributed by atoms with Crippen LogP contribution in [0.4, 0.5) is 0 Å². The lowest BCUT2D eigenvalue weighted by molar-refractivity contribution is -0.126. The van der Waals surface area contributed by atoms with Crippen molar-refractivity contribution in [2.24, 2.45) is 7.05 Å². The minimum atomic E-state index is -0.220. The zero-order valence-corrected chi connectivity index (χ0v) is 19.7. The number of hydrogen-bond donors (Lipinski definition) is 2. The second-order valence-corrected chi connectivity index (χ2v) is 9.31. The molecule has 2 saturated heterocycles. The summed E-state index contributed by atoms with van der Waals surface area (Å²) in [4.78, 5) is 34.8. The van der Waals surface area contributed by atoms with Crippen LogP contribution < -0.4 is 10.6 Å². The van der Waals surface area contributed by atoms with Gasteiger partial charge in [0.25, 0.3) is 0 Å². The third kappa shape index (κ3) is 4.45. The molecule has 34 heavy (non-hydrogen) atoms. The van der Waals surface area contributed by atoms with Gasteiger partial charge in [-0.15, -0.1) is 0 Å². The lowest BCUT2D eigenvalue weighted by atomic mass is 10.0. The highest BCUT2D eigenvalue weighted by atomic mass is 16.3. The molecule has 2 N–H and O–H groups in total. The number of nitrogens with zero attached hydrogens (tertiary/aromatic N) is 4. The number of furan rings is 1. The van der Waals surface area contributed by atoms with Crippen LogP contribution in [0.15, 0.2) is 47.1 Å². The normalized spacial score (nSPS) is 23.6. The molecular formula is C25H32N6O3. The number of likely N-dealkylation sites (N-methyl/N-ethyl adjacent to an activating group) is 1. The van der Waals surface area contributed by atoms with E-state index in [1.54, 1.807) is 6.26 Å². The molecule has 2 aromatic heterocycles. The van der Waals surface area contributed by atoms with Crippen molar-refractivity contribution in [3.05, 3.63) is 54.2 Å². The zero-order valence-electron chi connectivity index (χ0n) is 19.7. The second-order valence-electron chi connectivity index (χ2n) is 9.31. The highest BCUT2D eigenvalue weighted by Crippen LogP contribution is 2.29. The Balaban J connectivity index is 1.22. The van der Waals surface area contributed by atoms with Gasteiger partial charge in [-0.25, -0.2) is 4.98 Å². The number of para-hydroxylation sites is 2. The van der Waals surface area contributed by atoms with Gasteiger partial charge < -0.3 is 19.6 Å². The van der Waals surface area contributed by atoms with E-state index in [0.29, 0.717) is 32.5 Å². The van der Waals surface area contributed by atoms with Crippen molar-refractivity contribution >= 4 is 22.8 Å². The molecule has 2 aliphatic heterocycles. The molecule has 3 atom stereocenters. The van der Waals surface area contributed by atoms with Crippen molar-refractivity contribution < 1.29 is 14.0 Å². The van der Waals surface area contributed by atoms with Gasteiger partial charge in [0.05, 0.1) is 30.4 Å². The Morgan fingerprint density at radius 3 is 2.88 bits per heavy atom. The van der Waals surface area contributed by atoms with Crippen LogP contribution in [0.1, 0.15) is 30.8 Å². The fourth-order valence-electron chi connectivity index (χ4n) is 5.33. The fourth-order valence-corrected chi connectivity index (χ4v) is 5.33. The quantitative estimate of drug-likeness (QED) is 0.552. The summed E-state index contributed by atoms with van der Waals surface area (Å²) in [6, 6.07) is 11.8. The Hall–Kier alpha value is -3.17.